The van der Waals surface area contributed by atoms with Crippen LogP contribution in [-0.4, -0.2) is 32.3 Å². The van der Waals surface area contributed by atoms with Gasteiger partial charge in [-0.05, 0) is 36.4 Å². The zero-order chi connectivity index (χ0) is 18.6. The van der Waals surface area contributed by atoms with E-state index in [-0.39, 0.29) is 17.1 Å². The molecular formula is C16H14BrClFNO4S. The van der Waals surface area contributed by atoms with E-state index in [9.17, 15) is 17.6 Å². The number of sulfonamides is 1. The van der Waals surface area contributed by atoms with Gasteiger partial charge in [0.1, 0.15) is 19.0 Å². The fraction of sp³-hybridized carbons (Fsp3) is 0.188. The molecule has 0 aliphatic carbocycles. The molecule has 2 rings (SSSR count). The first-order valence-corrected chi connectivity index (χ1v) is 9.62. The Kier molecular flexibility index (Phi) is 6.56. The number of halogens is 3. The van der Waals surface area contributed by atoms with Crippen LogP contribution in [0.5, 0.6) is 0 Å². The molecule has 9 heteroatoms. The molecule has 0 saturated carbocycles. The third-order valence-electron chi connectivity index (χ3n) is 3.28. The van der Waals surface area contributed by atoms with Crippen LogP contribution in [0.1, 0.15) is 5.56 Å². The molecule has 0 aliphatic rings. The zero-order valence-electron chi connectivity index (χ0n) is 13.1. The van der Waals surface area contributed by atoms with Crippen molar-refractivity contribution in [2.75, 3.05) is 13.6 Å². The average Bonchev–Trinajstić information content (AvgIpc) is 2.54. The number of likely N-dealkylation sites (N-methyl/N-ethyl adjacent to an activating group) is 1. The summed E-state index contributed by atoms with van der Waals surface area (Å²) in [7, 11) is -2.60. The van der Waals surface area contributed by atoms with Crippen molar-refractivity contribution in [2.45, 2.75) is 11.5 Å². The van der Waals surface area contributed by atoms with Crippen molar-refractivity contribution in [1.82, 2.24) is 4.31 Å². The molecule has 25 heavy (non-hydrogen) atoms. The fourth-order valence-electron chi connectivity index (χ4n) is 1.90. The van der Waals surface area contributed by atoms with Crippen molar-refractivity contribution in [2.24, 2.45) is 0 Å². The van der Waals surface area contributed by atoms with Crippen LogP contribution in [0.25, 0.3) is 0 Å². The largest absolute Gasteiger partial charge is 0.460 e. The first-order chi connectivity index (χ1) is 11.7. The van der Waals surface area contributed by atoms with Crippen LogP contribution in [0.4, 0.5) is 4.39 Å². The van der Waals surface area contributed by atoms with E-state index in [1.165, 1.54) is 43.4 Å². The van der Waals surface area contributed by atoms with Crippen molar-refractivity contribution in [1.29, 1.82) is 0 Å². The molecule has 2 aromatic carbocycles. The smallest absolute Gasteiger partial charge is 0.321 e. The maximum atomic E-state index is 13.7. The molecule has 2 aromatic rings. The number of carbonyl (C=O) groups is 1. The van der Waals surface area contributed by atoms with Crippen molar-refractivity contribution in [3.8, 4) is 0 Å². The minimum absolute atomic E-state index is 0.00570. The van der Waals surface area contributed by atoms with Gasteiger partial charge in [-0.1, -0.05) is 33.6 Å². The van der Waals surface area contributed by atoms with E-state index >= 15 is 0 Å². The molecule has 0 aromatic heterocycles. The molecule has 0 aliphatic heterocycles. The predicted octanol–water partition coefficient (Wildman–Crippen LogP) is 3.61. The lowest BCUT2D eigenvalue weighted by molar-refractivity contribution is -0.145. The quantitative estimate of drug-likeness (QED) is 0.631. The number of carbonyl (C=O) groups excluding carboxylic acids is 1. The number of nitrogens with zero attached hydrogens (tertiary/aromatic N) is 1. The summed E-state index contributed by atoms with van der Waals surface area (Å²) in [6.07, 6.45) is 0. The molecule has 0 bridgehead atoms. The Balaban J connectivity index is 1.98. The molecule has 0 N–H and O–H groups in total. The molecule has 0 unspecified atom stereocenters. The van der Waals surface area contributed by atoms with Crippen molar-refractivity contribution < 1.29 is 22.3 Å². The molecule has 0 radical (unpaired) electrons. The van der Waals surface area contributed by atoms with Crippen LogP contribution in [0.15, 0.2) is 51.8 Å². The Morgan fingerprint density at radius 2 is 1.88 bits per heavy atom. The average molecular weight is 451 g/mol. The predicted molar refractivity (Wildman–Crippen MR) is 95.2 cm³/mol. The molecule has 134 valence electrons. The third-order valence-corrected chi connectivity index (χ3v) is 5.84. The van der Waals surface area contributed by atoms with Gasteiger partial charge < -0.3 is 4.74 Å². The van der Waals surface area contributed by atoms with Gasteiger partial charge in [-0.2, -0.15) is 4.31 Å². The SMILES string of the molecule is CN(CC(=O)OCc1ccc(Br)cc1F)S(=O)(=O)c1ccc(Cl)cc1. The number of ether oxygens (including phenoxy) is 1. The second kappa shape index (κ2) is 8.27. The van der Waals surface area contributed by atoms with Crippen molar-refractivity contribution in [3.05, 3.63) is 63.3 Å². The highest BCUT2D eigenvalue weighted by molar-refractivity contribution is 9.10. The summed E-state index contributed by atoms with van der Waals surface area (Å²) in [6, 6.07) is 9.91. The van der Waals surface area contributed by atoms with Crippen LogP contribution in [0.3, 0.4) is 0 Å². The van der Waals surface area contributed by atoms with Gasteiger partial charge in [0, 0.05) is 22.1 Å². The van der Waals surface area contributed by atoms with Crippen LogP contribution >= 0.6 is 27.5 Å². The highest BCUT2D eigenvalue weighted by atomic mass is 79.9. The summed E-state index contributed by atoms with van der Waals surface area (Å²) in [5, 5.41) is 0.400. The Labute approximate surface area is 158 Å². The Morgan fingerprint density at radius 3 is 2.48 bits per heavy atom. The summed E-state index contributed by atoms with van der Waals surface area (Å²) in [6.45, 7) is -0.782. The number of benzene rings is 2. The Morgan fingerprint density at radius 1 is 1.24 bits per heavy atom. The molecule has 0 atom stereocenters. The lowest BCUT2D eigenvalue weighted by Gasteiger charge is -2.16. The standard InChI is InChI=1S/C16H14BrClFNO4S/c1-20(25(22,23)14-6-4-13(18)5-7-14)9-16(21)24-10-11-2-3-12(17)8-15(11)19/h2-8H,9-10H2,1H3. The maximum absolute atomic E-state index is 13.7. The van der Waals surface area contributed by atoms with Crippen LogP contribution in [0.2, 0.25) is 5.02 Å². The first-order valence-electron chi connectivity index (χ1n) is 7.01. The van der Waals surface area contributed by atoms with E-state index in [4.69, 9.17) is 16.3 Å². The van der Waals surface area contributed by atoms with E-state index in [1.807, 2.05) is 0 Å². The number of hydrogen-bond donors (Lipinski definition) is 0. The summed E-state index contributed by atoms with van der Waals surface area (Å²) in [5.41, 5.74) is 0.194. The van der Waals surface area contributed by atoms with Gasteiger partial charge in [0.15, 0.2) is 0 Å². The van der Waals surface area contributed by atoms with Crippen molar-refractivity contribution >= 4 is 43.5 Å². The minimum atomic E-state index is -3.85. The van der Waals surface area contributed by atoms with Gasteiger partial charge in [0.05, 0.1) is 4.90 Å². The lowest BCUT2D eigenvalue weighted by atomic mass is 10.2. The first kappa shape index (κ1) is 19.8. The van der Waals surface area contributed by atoms with E-state index in [0.717, 1.165) is 4.31 Å². The van der Waals surface area contributed by atoms with Crippen molar-refractivity contribution in [3.63, 3.8) is 0 Å². The van der Waals surface area contributed by atoms with Crippen LogP contribution < -0.4 is 0 Å². The summed E-state index contributed by atoms with van der Waals surface area (Å²) in [4.78, 5) is 11.9. The van der Waals surface area contributed by atoms with Crippen LogP contribution in [-0.2, 0) is 26.2 Å². The molecule has 0 heterocycles. The van der Waals surface area contributed by atoms with Gasteiger partial charge in [0.2, 0.25) is 10.0 Å². The highest BCUT2D eigenvalue weighted by Gasteiger charge is 2.23. The van der Waals surface area contributed by atoms with E-state index in [1.54, 1.807) is 6.07 Å². The van der Waals surface area contributed by atoms with Gasteiger partial charge in [-0.15, -0.1) is 0 Å². The summed E-state index contributed by atoms with van der Waals surface area (Å²) < 4.78 is 44.7. The monoisotopic (exact) mass is 449 g/mol. The van der Waals surface area contributed by atoms with E-state index < -0.39 is 28.4 Å². The zero-order valence-corrected chi connectivity index (χ0v) is 16.2. The molecular weight excluding hydrogens is 437 g/mol. The molecule has 0 spiro atoms. The second-order valence-electron chi connectivity index (χ2n) is 5.11. The highest BCUT2D eigenvalue weighted by Crippen LogP contribution is 2.18. The minimum Gasteiger partial charge on any atom is -0.460 e. The number of hydrogen-bond acceptors (Lipinski definition) is 4. The normalized spacial score (nSPS) is 11.6. The van der Waals surface area contributed by atoms with E-state index in [0.29, 0.717) is 9.50 Å². The van der Waals surface area contributed by atoms with Gasteiger partial charge in [-0.25, -0.2) is 12.8 Å². The maximum Gasteiger partial charge on any atom is 0.321 e. The topological polar surface area (TPSA) is 63.7 Å². The molecule has 0 fully saturated rings. The Bertz CT molecular complexity index is 874. The van der Waals surface area contributed by atoms with Crippen LogP contribution in [0, 0.1) is 5.82 Å². The molecule has 0 saturated heterocycles. The lowest BCUT2D eigenvalue weighted by Crippen LogP contribution is -2.33. The number of rotatable bonds is 6. The Hall–Kier alpha value is -1.48. The van der Waals surface area contributed by atoms with Gasteiger partial charge >= 0.3 is 5.97 Å². The van der Waals surface area contributed by atoms with E-state index in [2.05, 4.69) is 15.9 Å². The van der Waals surface area contributed by atoms with Gasteiger partial charge in [0.25, 0.3) is 0 Å². The van der Waals surface area contributed by atoms with Gasteiger partial charge in [-0.3, -0.25) is 4.79 Å². The second-order valence-corrected chi connectivity index (χ2v) is 8.51. The third kappa shape index (κ3) is 5.24. The molecule has 0 amide bonds. The summed E-state index contributed by atoms with van der Waals surface area (Å²) >= 11 is 8.86. The number of esters is 1. The molecule has 5 nitrogen and oxygen atoms in total. The summed E-state index contributed by atoms with van der Waals surface area (Å²) in [5.74, 6) is -1.31. The fourth-order valence-corrected chi connectivity index (χ4v) is 3.47.